The normalized spacial score (nSPS) is 23.8. The van der Waals surface area contributed by atoms with E-state index in [0.717, 1.165) is 25.7 Å². The van der Waals surface area contributed by atoms with Crippen molar-refractivity contribution in [1.29, 1.82) is 0 Å². The first kappa shape index (κ1) is 14.9. The molecule has 102 valence electrons. The first-order valence-corrected chi connectivity index (χ1v) is 7.28. The number of nitrogens with one attached hydrogen (secondary N) is 1. The van der Waals surface area contributed by atoms with E-state index in [1.165, 1.54) is 38.6 Å². The summed E-state index contributed by atoms with van der Waals surface area (Å²) in [5.41, 5.74) is 0. The summed E-state index contributed by atoms with van der Waals surface area (Å²) in [6.07, 6.45) is 6.59. The monoisotopic (exact) mass is 242 g/mol. The molecule has 3 heteroatoms. The molecule has 2 unspecified atom stereocenters. The Balaban J connectivity index is 2.47. The van der Waals surface area contributed by atoms with Crippen molar-refractivity contribution in [2.75, 3.05) is 33.4 Å². The average Bonchev–Trinajstić information content (AvgIpc) is 2.38. The fraction of sp³-hybridized carbons (Fsp3) is 1.00. The van der Waals surface area contributed by atoms with Gasteiger partial charge in [-0.15, -0.1) is 0 Å². The van der Waals surface area contributed by atoms with Crippen LogP contribution in [0.4, 0.5) is 0 Å². The standard InChI is InChI=1S/C14H30N2O/c1-4-9-15-11-14(12-17-3)16-10-7-6-8-13(16)5-2/h13-15H,4-12H2,1-3H3. The van der Waals surface area contributed by atoms with Gasteiger partial charge in [-0.25, -0.2) is 0 Å². The predicted molar refractivity (Wildman–Crippen MR) is 73.5 cm³/mol. The molecular formula is C14H30N2O. The predicted octanol–water partition coefficient (Wildman–Crippen LogP) is 2.27. The van der Waals surface area contributed by atoms with Crippen molar-refractivity contribution in [1.82, 2.24) is 10.2 Å². The van der Waals surface area contributed by atoms with E-state index in [1.807, 2.05) is 7.11 Å². The minimum absolute atomic E-state index is 0.553. The van der Waals surface area contributed by atoms with Crippen LogP contribution in [-0.4, -0.2) is 50.3 Å². The van der Waals surface area contributed by atoms with Gasteiger partial charge in [0.05, 0.1) is 6.61 Å². The number of hydrogen-bond donors (Lipinski definition) is 1. The van der Waals surface area contributed by atoms with Gasteiger partial charge in [0.25, 0.3) is 0 Å². The third kappa shape index (κ3) is 4.94. The Labute approximate surface area is 107 Å². The molecule has 0 aromatic heterocycles. The van der Waals surface area contributed by atoms with Crippen LogP contribution in [0.15, 0.2) is 0 Å². The van der Waals surface area contributed by atoms with E-state index >= 15 is 0 Å². The molecule has 0 amide bonds. The number of rotatable bonds is 8. The molecule has 1 N–H and O–H groups in total. The second-order valence-electron chi connectivity index (χ2n) is 5.11. The zero-order chi connectivity index (χ0) is 12.5. The van der Waals surface area contributed by atoms with E-state index in [4.69, 9.17) is 4.74 Å². The van der Waals surface area contributed by atoms with Crippen molar-refractivity contribution in [2.24, 2.45) is 0 Å². The molecule has 1 fully saturated rings. The third-order valence-corrected chi connectivity index (χ3v) is 3.78. The van der Waals surface area contributed by atoms with Gasteiger partial charge in [-0.2, -0.15) is 0 Å². The highest BCUT2D eigenvalue weighted by atomic mass is 16.5. The Bertz CT molecular complexity index is 187. The third-order valence-electron chi connectivity index (χ3n) is 3.78. The van der Waals surface area contributed by atoms with E-state index in [2.05, 4.69) is 24.1 Å². The number of methoxy groups -OCH3 is 1. The molecule has 17 heavy (non-hydrogen) atoms. The maximum atomic E-state index is 5.40. The maximum absolute atomic E-state index is 5.40. The molecule has 1 aliphatic rings. The van der Waals surface area contributed by atoms with Crippen LogP contribution < -0.4 is 5.32 Å². The summed E-state index contributed by atoms with van der Waals surface area (Å²) in [6, 6.07) is 1.32. The largest absolute Gasteiger partial charge is 0.383 e. The van der Waals surface area contributed by atoms with Crippen LogP contribution in [0, 0.1) is 0 Å². The number of ether oxygens (including phenoxy) is 1. The van der Waals surface area contributed by atoms with Gasteiger partial charge in [0.15, 0.2) is 0 Å². The molecule has 3 nitrogen and oxygen atoms in total. The zero-order valence-corrected chi connectivity index (χ0v) is 11.9. The first-order chi connectivity index (χ1) is 8.33. The number of hydrogen-bond acceptors (Lipinski definition) is 3. The SMILES string of the molecule is CCCNCC(COC)N1CCCCC1CC. The average molecular weight is 242 g/mol. The highest BCUT2D eigenvalue weighted by Crippen LogP contribution is 2.21. The molecule has 0 aliphatic carbocycles. The van der Waals surface area contributed by atoms with Gasteiger partial charge in [0, 0.05) is 25.7 Å². The lowest BCUT2D eigenvalue weighted by Crippen LogP contribution is -2.52. The highest BCUT2D eigenvalue weighted by molar-refractivity contribution is 4.83. The van der Waals surface area contributed by atoms with Crippen molar-refractivity contribution in [2.45, 2.75) is 58.0 Å². The quantitative estimate of drug-likeness (QED) is 0.661. The van der Waals surface area contributed by atoms with Gasteiger partial charge < -0.3 is 10.1 Å². The van der Waals surface area contributed by atoms with Crippen LogP contribution in [0.2, 0.25) is 0 Å². The van der Waals surface area contributed by atoms with Crippen LogP contribution in [0.5, 0.6) is 0 Å². The Morgan fingerprint density at radius 3 is 2.82 bits per heavy atom. The molecule has 1 saturated heterocycles. The minimum atomic E-state index is 0.553. The van der Waals surface area contributed by atoms with Crippen LogP contribution >= 0.6 is 0 Å². The van der Waals surface area contributed by atoms with Crippen LogP contribution in [0.3, 0.4) is 0 Å². The van der Waals surface area contributed by atoms with Gasteiger partial charge in [-0.05, 0) is 38.8 Å². The number of piperidine rings is 1. The van der Waals surface area contributed by atoms with Gasteiger partial charge in [-0.3, -0.25) is 4.90 Å². The molecule has 0 bridgehead atoms. The molecule has 2 atom stereocenters. The lowest BCUT2D eigenvalue weighted by Gasteiger charge is -2.41. The fourth-order valence-electron chi connectivity index (χ4n) is 2.85. The van der Waals surface area contributed by atoms with Gasteiger partial charge in [0.2, 0.25) is 0 Å². The first-order valence-electron chi connectivity index (χ1n) is 7.28. The minimum Gasteiger partial charge on any atom is -0.383 e. The highest BCUT2D eigenvalue weighted by Gasteiger charge is 2.27. The summed E-state index contributed by atoms with van der Waals surface area (Å²) in [4.78, 5) is 2.68. The van der Waals surface area contributed by atoms with Gasteiger partial charge in [-0.1, -0.05) is 20.3 Å². The molecule has 0 radical (unpaired) electrons. The Morgan fingerprint density at radius 2 is 2.18 bits per heavy atom. The van der Waals surface area contributed by atoms with E-state index in [9.17, 15) is 0 Å². The summed E-state index contributed by atoms with van der Waals surface area (Å²) in [5.74, 6) is 0. The molecule has 0 saturated carbocycles. The van der Waals surface area contributed by atoms with E-state index < -0.39 is 0 Å². The van der Waals surface area contributed by atoms with E-state index in [0.29, 0.717) is 6.04 Å². The zero-order valence-electron chi connectivity index (χ0n) is 11.9. The molecule has 0 aromatic carbocycles. The van der Waals surface area contributed by atoms with Crippen molar-refractivity contribution < 1.29 is 4.74 Å². The smallest absolute Gasteiger partial charge is 0.0630 e. The molecule has 1 rings (SSSR count). The van der Waals surface area contributed by atoms with Crippen LogP contribution in [0.1, 0.15) is 46.0 Å². The van der Waals surface area contributed by atoms with Crippen molar-refractivity contribution in [3.05, 3.63) is 0 Å². The van der Waals surface area contributed by atoms with Crippen LogP contribution in [-0.2, 0) is 4.74 Å². The molecule has 0 aromatic rings. The number of nitrogens with zero attached hydrogens (tertiary/aromatic N) is 1. The van der Waals surface area contributed by atoms with Gasteiger partial charge >= 0.3 is 0 Å². The Kier molecular flexibility index (Phi) is 7.82. The van der Waals surface area contributed by atoms with Gasteiger partial charge in [0.1, 0.15) is 0 Å². The summed E-state index contributed by atoms with van der Waals surface area (Å²) in [7, 11) is 1.82. The van der Waals surface area contributed by atoms with Crippen molar-refractivity contribution in [3.63, 3.8) is 0 Å². The lowest BCUT2D eigenvalue weighted by atomic mass is 9.98. The van der Waals surface area contributed by atoms with E-state index in [-0.39, 0.29) is 0 Å². The summed E-state index contributed by atoms with van der Waals surface area (Å²) < 4.78 is 5.40. The van der Waals surface area contributed by atoms with E-state index in [1.54, 1.807) is 0 Å². The molecule has 0 spiro atoms. The number of likely N-dealkylation sites (tertiary alicyclic amines) is 1. The topological polar surface area (TPSA) is 24.5 Å². The summed E-state index contributed by atoms with van der Waals surface area (Å²) >= 11 is 0. The molecular weight excluding hydrogens is 212 g/mol. The lowest BCUT2D eigenvalue weighted by molar-refractivity contribution is 0.0389. The Morgan fingerprint density at radius 1 is 1.35 bits per heavy atom. The van der Waals surface area contributed by atoms with Crippen molar-refractivity contribution in [3.8, 4) is 0 Å². The second kappa shape index (κ2) is 8.90. The molecule has 1 heterocycles. The van der Waals surface area contributed by atoms with Crippen LogP contribution in [0.25, 0.3) is 0 Å². The Hall–Kier alpha value is -0.120. The summed E-state index contributed by atoms with van der Waals surface area (Å²) in [6.45, 7) is 8.82. The maximum Gasteiger partial charge on any atom is 0.0630 e. The molecule has 1 aliphatic heterocycles. The fourth-order valence-corrected chi connectivity index (χ4v) is 2.85. The second-order valence-corrected chi connectivity index (χ2v) is 5.11. The summed E-state index contributed by atoms with van der Waals surface area (Å²) in [5, 5.41) is 3.54. The van der Waals surface area contributed by atoms with Crippen molar-refractivity contribution >= 4 is 0 Å².